The number of sulfonamides is 1. The molecule has 270 valence electrons. The van der Waals surface area contributed by atoms with Crippen molar-refractivity contribution in [1.29, 1.82) is 0 Å². The van der Waals surface area contributed by atoms with Crippen LogP contribution in [0.4, 0.5) is 4.79 Å². The van der Waals surface area contributed by atoms with Gasteiger partial charge in [-0.3, -0.25) is 4.79 Å². The molecule has 3 aromatic rings. The third kappa shape index (κ3) is 9.27. The molecule has 0 radical (unpaired) electrons. The van der Waals surface area contributed by atoms with E-state index in [-0.39, 0.29) is 42.3 Å². The molecular weight excluding hydrogens is 677 g/mol. The molecule has 1 unspecified atom stereocenters. The molecule has 1 aliphatic carbocycles. The molecule has 1 aliphatic heterocycles. The molecule has 12 nitrogen and oxygen atoms in total. The van der Waals surface area contributed by atoms with Gasteiger partial charge in [-0.2, -0.15) is 4.31 Å². The molecule has 3 amide bonds. The number of nitrogens with zero attached hydrogens (tertiary/aromatic N) is 5. The van der Waals surface area contributed by atoms with Gasteiger partial charge in [-0.1, -0.05) is 74.3 Å². The minimum Gasteiger partial charge on any atom is -0.411 e. The van der Waals surface area contributed by atoms with Crippen LogP contribution in [0.1, 0.15) is 61.4 Å². The van der Waals surface area contributed by atoms with Crippen LogP contribution >= 0.6 is 11.3 Å². The molecule has 3 N–H and O–H groups in total. The zero-order chi connectivity index (χ0) is 35.8. The van der Waals surface area contributed by atoms with Gasteiger partial charge in [0.1, 0.15) is 6.04 Å². The van der Waals surface area contributed by atoms with E-state index in [1.807, 2.05) is 56.5 Å². The summed E-state index contributed by atoms with van der Waals surface area (Å²) in [5.41, 5.74) is 2.22. The van der Waals surface area contributed by atoms with Gasteiger partial charge in [-0.25, -0.2) is 18.2 Å². The lowest BCUT2D eigenvalue weighted by Crippen LogP contribution is -2.57. The molecular formula is C36H48N6O6S2. The summed E-state index contributed by atoms with van der Waals surface area (Å²) in [5.74, 6) is -0.471. The van der Waals surface area contributed by atoms with Crippen molar-refractivity contribution in [2.75, 3.05) is 26.2 Å². The number of carbonyl (C=O) groups excluding carboxylic acids is 2. The molecule has 2 aliphatic rings. The first-order valence-corrected chi connectivity index (χ1v) is 19.5. The monoisotopic (exact) mass is 724 g/mol. The quantitative estimate of drug-likeness (QED) is 0.112. The van der Waals surface area contributed by atoms with Gasteiger partial charge in [-0.05, 0) is 61.3 Å². The minimum atomic E-state index is -4.04. The van der Waals surface area contributed by atoms with Crippen LogP contribution in [0.3, 0.4) is 0 Å². The van der Waals surface area contributed by atoms with Crippen molar-refractivity contribution >= 4 is 39.5 Å². The fourth-order valence-electron chi connectivity index (χ4n) is 6.94. The smallest absolute Gasteiger partial charge is 0.321 e. The molecule has 0 bridgehead atoms. The molecule has 2 fully saturated rings. The van der Waals surface area contributed by atoms with Gasteiger partial charge in [-0.15, -0.1) is 11.3 Å². The highest BCUT2D eigenvalue weighted by atomic mass is 32.2. The largest absolute Gasteiger partial charge is 0.411 e. The first kappa shape index (κ1) is 37.4. The average molecular weight is 725 g/mol. The molecule has 3 atom stereocenters. The van der Waals surface area contributed by atoms with Crippen LogP contribution in [-0.2, 0) is 27.8 Å². The maximum atomic E-state index is 14.2. The van der Waals surface area contributed by atoms with E-state index < -0.39 is 34.1 Å². The maximum Gasteiger partial charge on any atom is 0.321 e. The van der Waals surface area contributed by atoms with Gasteiger partial charge in [0.25, 0.3) is 0 Å². The zero-order valence-corrected chi connectivity index (χ0v) is 30.5. The molecule has 2 heterocycles. The molecule has 1 saturated heterocycles. The van der Waals surface area contributed by atoms with Gasteiger partial charge >= 0.3 is 6.03 Å². The molecule has 14 heteroatoms. The number of aliphatic hydroxyl groups excluding tert-OH is 1. The van der Waals surface area contributed by atoms with Crippen molar-refractivity contribution in [3.05, 3.63) is 81.8 Å². The van der Waals surface area contributed by atoms with E-state index in [2.05, 4.69) is 15.5 Å². The fraction of sp³-hybridized carbons (Fsp3) is 0.500. The molecule has 2 aromatic carbocycles. The molecule has 0 spiro atoms. The maximum absolute atomic E-state index is 14.2. The summed E-state index contributed by atoms with van der Waals surface area (Å²) in [7, 11) is -4.04. The number of nitrogens with one attached hydrogen (secondary N) is 1. The van der Waals surface area contributed by atoms with E-state index in [4.69, 9.17) is 5.21 Å². The number of aryl methyl sites for hydroxylation is 1. The van der Waals surface area contributed by atoms with Crippen LogP contribution in [0.5, 0.6) is 0 Å². The number of amides is 3. The SMILES string of the molecule is Cc1nc(CN2CCN([C@@H](C(=O)N[C@@H](Cc3ccccc3)C(O)CN(CC3CCCC3)S(=O)(=O)c3ccc(/C=N/O)cc3)C(C)C)C2=O)cs1. The zero-order valence-electron chi connectivity index (χ0n) is 28.9. The highest BCUT2D eigenvalue weighted by Gasteiger charge is 2.41. The second kappa shape index (κ2) is 16.9. The lowest BCUT2D eigenvalue weighted by molar-refractivity contribution is -0.128. The molecule has 5 rings (SSSR count). The fourth-order valence-corrected chi connectivity index (χ4v) is 9.07. The number of oxime groups is 1. The number of hydrogen-bond acceptors (Lipinski definition) is 9. The van der Waals surface area contributed by atoms with Crippen molar-refractivity contribution in [1.82, 2.24) is 24.4 Å². The third-order valence-corrected chi connectivity index (χ3v) is 12.2. The van der Waals surface area contributed by atoms with Crippen LogP contribution in [0.25, 0.3) is 0 Å². The summed E-state index contributed by atoms with van der Waals surface area (Å²) in [4.78, 5) is 35.6. The third-order valence-electron chi connectivity index (χ3n) is 9.52. The van der Waals surface area contributed by atoms with Crippen LogP contribution in [-0.4, -0.2) is 100 Å². The van der Waals surface area contributed by atoms with Crippen LogP contribution < -0.4 is 5.32 Å². The number of rotatable bonds is 16. The number of urea groups is 1. The Hall–Kier alpha value is -3.85. The lowest BCUT2D eigenvalue weighted by Gasteiger charge is -2.34. The Morgan fingerprint density at radius 3 is 2.44 bits per heavy atom. The standard InChI is InChI=1S/C36H48N6O6S2/c1-25(2)34(42-18-17-40(36(42)45)22-30-24-49-26(3)38-30)35(44)39-32(19-27-9-5-4-6-10-27)33(43)23-41(21-29-11-7-8-12-29)50(47,48)31-15-13-28(14-16-31)20-37-46/h4-6,9-10,13-16,20,24-25,29,32-34,43,46H,7-8,11-12,17-19,21-23H2,1-3H3,(H,39,44)/b37-20+/t32-,33?,34+/m0/s1. The van der Waals surface area contributed by atoms with Crippen LogP contribution in [0.2, 0.25) is 0 Å². The molecule has 1 saturated carbocycles. The minimum absolute atomic E-state index is 0.0613. The Labute approximate surface area is 298 Å². The van der Waals surface area contributed by atoms with Crippen molar-refractivity contribution in [3.8, 4) is 0 Å². The second-order valence-electron chi connectivity index (χ2n) is 13.6. The van der Waals surface area contributed by atoms with Crippen molar-refractivity contribution in [3.63, 3.8) is 0 Å². The van der Waals surface area contributed by atoms with Gasteiger partial charge in [0.2, 0.25) is 15.9 Å². The van der Waals surface area contributed by atoms with Gasteiger partial charge in [0, 0.05) is 31.6 Å². The average Bonchev–Trinajstić information content (AvgIpc) is 3.84. The first-order valence-electron chi connectivity index (χ1n) is 17.2. The highest BCUT2D eigenvalue weighted by Crippen LogP contribution is 2.29. The number of carbonyl (C=O) groups is 2. The van der Waals surface area contributed by atoms with Gasteiger partial charge in [0.05, 0.1) is 40.5 Å². The number of thiazole rings is 1. The van der Waals surface area contributed by atoms with E-state index in [1.54, 1.807) is 21.9 Å². The van der Waals surface area contributed by atoms with Crippen molar-refractivity contribution in [2.24, 2.45) is 17.0 Å². The molecule has 1 aromatic heterocycles. The van der Waals surface area contributed by atoms with E-state index in [9.17, 15) is 23.1 Å². The number of benzene rings is 2. The summed E-state index contributed by atoms with van der Waals surface area (Å²) < 4.78 is 29.5. The summed E-state index contributed by atoms with van der Waals surface area (Å²) in [6.45, 7) is 6.92. The number of aromatic nitrogens is 1. The predicted molar refractivity (Wildman–Crippen MR) is 193 cm³/mol. The van der Waals surface area contributed by atoms with Gasteiger partial charge < -0.3 is 25.4 Å². The van der Waals surface area contributed by atoms with Gasteiger partial charge in [0.15, 0.2) is 0 Å². The highest BCUT2D eigenvalue weighted by molar-refractivity contribution is 7.89. The second-order valence-corrected chi connectivity index (χ2v) is 16.6. The Bertz CT molecular complexity index is 1710. The Balaban J connectivity index is 1.38. The van der Waals surface area contributed by atoms with Crippen LogP contribution in [0.15, 0.2) is 70.0 Å². The van der Waals surface area contributed by atoms with Crippen molar-refractivity contribution < 1.29 is 28.3 Å². The summed E-state index contributed by atoms with van der Waals surface area (Å²) in [6.07, 6.45) is 4.06. The van der Waals surface area contributed by atoms with E-state index >= 15 is 0 Å². The van der Waals surface area contributed by atoms with Crippen LogP contribution in [0, 0.1) is 18.8 Å². The Morgan fingerprint density at radius 1 is 1.12 bits per heavy atom. The Morgan fingerprint density at radius 2 is 1.82 bits per heavy atom. The lowest BCUT2D eigenvalue weighted by atomic mass is 9.97. The van der Waals surface area contributed by atoms with E-state index in [0.29, 0.717) is 25.2 Å². The van der Waals surface area contributed by atoms with Crippen molar-refractivity contribution in [2.45, 2.75) is 82.5 Å². The van der Waals surface area contributed by atoms with E-state index in [0.717, 1.165) is 41.9 Å². The summed E-state index contributed by atoms with van der Waals surface area (Å²) in [6, 6.07) is 13.6. The Kier molecular flexibility index (Phi) is 12.6. The normalized spacial score (nSPS) is 17.7. The predicted octanol–water partition coefficient (Wildman–Crippen LogP) is 4.49. The molecule has 50 heavy (non-hydrogen) atoms. The number of aliphatic hydroxyl groups is 1. The number of hydrogen-bond donors (Lipinski definition) is 3. The van der Waals surface area contributed by atoms with E-state index in [1.165, 1.54) is 34.0 Å². The summed E-state index contributed by atoms with van der Waals surface area (Å²) >= 11 is 1.53. The summed E-state index contributed by atoms with van der Waals surface area (Å²) in [5, 5.41) is 29.7. The topological polar surface area (TPSA) is 156 Å². The first-order chi connectivity index (χ1) is 24.0.